The highest BCUT2D eigenvalue weighted by molar-refractivity contribution is 5.91. The SMILES string of the molecule is N.N.NC(=O)NC(N)=O. The number of nitrogens with two attached hydrogens (primary N) is 2. The Morgan fingerprint density at radius 1 is 1.00 bits per heavy atom. The monoisotopic (exact) mass is 137 g/mol. The number of urea groups is 2. The topological polar surface area (TPSA) is 168 Å². The maximum Gasteiger partial charge on any atom is 0.320 e. The van der Waals surface area contributed by atoms with E-state index in [1.807, 2.05) is 0 Å². The van der Waals surface area contributed by atoms with Gasteiger partial charge in [0.15, 0.2) is 0 Å². The quantitative estimate of drug-likeness (QED) is 0.290. The molecule has 0 aromatic heterocycles. The molecule has 0 aliphatic heterocycles. The molecule has 0 rings (SSSR count). The second kappa shape index (κ2) is 6.66. The molecule has 0 heterocycles. The molecule has 0 spiro atoms. The summed E-state index contributed by atoms with van der Waals surface area (Å²) in [6, 6.07) is -1.88. The zero-order valence-electron chi connectivity index (χ0n) is 4.89. The summed E-state index contributed by atoms with van der Waals surface area (Å²) in [5.74, 6) is 0. The highest BCUT2D eigenvalue weighted by Crippen LogP contribution is 1.51. The maximum absolute atomic E-state index is 9.62. The molecular formula is C2H11N5O2. The Kier molecular flexibility index (Phi) is 11.6. The minimum absolute atomic E-state index is 0. The molecule has 9 heavy (non-hydrogen) atoms. The summed E-state index contributed by atoms with van der Waals surface area (Å²) in [5.41, 5.74) is 8.88. The van der Waals surface area contributed by atoms with Gasteiger partial charge in [0.25, 0.3) is 0 Å². The Morgan fingerprint density at radius 3 is 1.22 bits per heavy atom. The number of amides is 4. The van der Waals surface area contributed by atoms with Gasteiger partial charge < -0.3 is 23.8 Å². The number of imide groups is 1. The first kappa shape index (κ1) is 15.6. The van der Waals surface area contributed by atoms with Crippen molar-refractivity contribution in [2.24, 2.45) is 11.5 Å². The smallest absolute Gasteiger partial charge is 0.320 e. The first-order valence-electron chi connectivity index (χ1n) is 1.49. The molecule has 4 amide bonds. The summed E-state index contributed by atoms with van der Waals surface area (Å²) in [5, 5.41) is 1.58. The molecule has 0 fully saturated rings. The molecule has 0 aromatic carbocycles. The average Bonchev–Trinajstić information content (AvgIpc) is 1.27. The van der Waals surface area contributed by atoms with Crippen molar-refractivity contribution in [2.45, 2.75) is 0 Å². The first-order valence-corrected chi connectivity index (χ1v) is 1.49. The van der Waals surface area contributed by atoms with Crippen molar-refractivity contribution < 1.29 is 9.59 Å². The Morgan fingerprint density at radius 2 is 1.22 bits per heavy atom. The van der Waals surface area contributed by atoms with Crippen LogP contribution in [0.1, 0.15) is 0 Å². The van der Waals surface area contributed by atoms with E-state index < -0.39 is 12.1 Å². The first-order chi connectivity index (χ1) is 3.13. The molecule has 0 saturated heterocycles. The average molecular weight is 137 g/mol. The third-order valence-electron chi connectivity index (χ3n) is 0.246. The van der Waals surface area contributed by atoms with Crippen LogP contribution in [0, 0.1) is 0 Å². The van der Waals surface area contributed by atoms with E-state index in [1.54, 1.807) is 5.32 Å². The van der Waals surface area contributed by atoms with E-state index in [2.05, 4.69) is 11.5 Å². The van der Waals surface area contributed by atoms with E-state index in [-0.39, 0.29) is 12.3 Å². The fourth-order valence-corrected chi connectivity index (χ4v) is 0.121. The Labute approximate surface area is 51.9 Å². The van der Waals surface area contributed by atoms with Gasteiger partial charge >= 0.3 is 12.1 Å². The summed E-state index contributed by atoms with van der Waals surface area (Å²) in [7, 11) is 0. The minimum Gasteiger partial charge on any atom is -0.351 e. The third kappa shape index (κ3) is 20.4. The van der Waals surface area contributed by atoms with Crippen LogP contribution < -0.4 is 29.1 Å². The Bertz CT molecular complexity index is 89.1. The van der Waals surface area contributed by atoms with Gasteiger partial charge in [0.05, 0.1) is 0 Å². The highest BCUT2D eigenvalue weighted by Gasteiger charge is 1.92. The van der Waals surface area contributed by atoms with E-state index in [4.69, 9.17) is 0 Å². The van der Waals surface area contributed by atoms with E-state index in [0.29, 0.717) is 0 Å². The Hall–Kier alpha value is -1.34. The number of carbonyl (C=O) groups is 2. The molecule has 0 aliphatic carbocycles. The Balaban J connectivity index is -0.000000180. The van der Waals surface area contributed by atoms with Crippen LogP contribution >= 0.6 is 0 Å². The summed E-state index contributed by atoms with van der Waals surface area (Å²) >= 11 is 0. The van der Waals surface area contributed by atoms with Gasteiger partial charge in [-0.2, -0.15) is 0 Å². The molecule has 0 aliphatic rings. The van der Waals surface area contributed by atoms with Gasteiger partial charge in [-0.25, -0.2) is 9.59 Å². The van der Waals surface area contributed by atoms with Gasteiger partial charge in [-0.3, -0.25) is 5.32 Å². The lowest BCUT2D eigenvalue weighted by molar-refractivity contribution is 0.236. The molecule has 0 aromatic rings. The number of primary amides is 2. The fraction of sp³-hybridized carbons (Fsp3) is 0. The lowest BCUT2D eigenvalue weighted by Gasteiger charge is -1.88. The van der Waals surface area contributed by atoms with Gasteiger partial charge in [0, 0.05) is 0 Å². The number of carbonyl (C=O) groups excluding carboxylic acids is 2. The molecule has 0 saturated carbocycles. The summed E-state index contributed by atoms with van der Waals surface area (Å²) in [4.78, 5) is 19.2. The van der Waals surface area contributed by atoms with Gasteiger partial charge in [-0.05, 0) is 0 Å². The van der Waals surface area contributed by atoms with Crippen molar-refractivity contribution in [1.82, 2.24) is 17.6 Å². The second-order valence-corrected chi connectivity index (χ2v) is 0.854. The molecular weight excluding hydrogens is 126 g/mol. The van der Waals surface area contributed by atoms with Crippen LogP contribution in [0.4, 0.5) is 9.59 Å². The normalized spacial score (nSPS) is 5.78. The highest BCUT2D eigenvalue weighted by atomic mass is 16.2. The fourth-order valence-electron chi connectivity index (χ4n) is 0.121. The van der Waals surface area contributed by atoms with Crippen LogP contribution in [0.2, 0.25) is 0 Å². The predicted octanol–water partition coefficient (Wildman–Crippen LogP) is -0.943. The van der Waals surface area contributed by atoms with Crippen molar-refractivity contribution in [3.05, 3.63) is 0 Å². The van der Waals surface area contributed by atoms with Crippen LogP contribution in [0.5, 0.6) is 0 Å². The van der Waals surface area contributed by atoms with Crippen LogP contribution in [-0.2, 0) is 0 Å². The van der Waals surface area contributed by atoms with Crippen LogP contribution in [0.25, 0.3) is 0 Å². The second-order valence-electron chi connectivity index (χ2n) is 0.854. The van der Waals surface area contributed by atoms with E-state index in [1.165, 1.54) is 0 Å². The largest absolute Gasteiger partial charge is 0.351 e. The van der Waals surface area contributed by atoms with Gasteiger partial charge in [0.2, 0.25) is 0 Å². The van der Waals surface area contributed by atoms with Crippen LogP contribution in [0.15, 0.2) is 0 Å². The number of nitrogens with one attached hydrogen (secondary N) is 1. The van der Waals surface area contributed by atoms with E-state index in [9.17, 15) is 9.59 Å². The van der Waals surface area contributed by atoms with Crippen LogP contribution in [-0.4, -0.2) is 12.1 Å². The lowest BCUT2D eigenvalue weighted by Crippen LogP contribution is -2.38. The van der Waals surface area contributed by atoms with Gasteiger partial charge in [0.1, 0.15) is 0 Å². The number of rotatable bonds is 0. The zero-order valence-corrected chi connectivity index (χ0v) is 4.89. The number of hydrogen-bond donors (Lipinski definition) is 5. The van der Waals surface area contributed by atoms with Crippen molar-refractivity contribution >= 4 is 12.1 Å². The summed E-state index contributed by atoms with van der Waals surface area (Å²) in [6.07, 6.45) is 0. The summed E-state index contributed by atoms with van der Waals surface area (Å²) < 4.78 is 0. The number of hydrogen-bond acceptors (Lipinski definition) is 4. The lowest BCUT2D eigenvalue weighted by atomic mass is 10.9. The molecule has 56 valence electrons. The molecule has 11 N–H and O–H groups in total. The van der Waals surface area contributed by atoms with E-state index >= 15 is 0 Å². The standard InChI is InChI=1S/C2H5N3O2.2H3N/c3-1(6)5-2(4)7;;/h(H5,3,4,5,6,7);2*1H3. The van der Waals surface area contributed by atoms with Crippen molar-refractivity contribution in [2.75, 3.05) is 0 Å². The summed E-state index contributed by atoms with van der Waals surface area (Å²) in [6.45, 7) is 0. The molecule has 7 heteroatoms. The van der Waals surface area contributed by atoms with Gasteiger partial charge in [-0.15, -0.1) is 0 Å². The van der Waals surface area contributed by atoms with Crippen molar-refractivity contribution in [3.8, 4) is 0 Å². The van der Waals surface area contributed by atoms with Crippen LogP contribution in [0.3, 0.4) is 0 Å². The van der Waals surface area contributed by atoms with Gasteiger partial charge in [-0.1, -0.05) is 0 Å². The predicted molar refractivity (Wildman–Crippen MR) is 32.3 cm³/mol. The molecule has 0 radical (unpaired) electrons. The molecule has 0 atom stereocenters. The van der Waals surface area contributed by atoms with Crippen molar-refractivity contribution in [1.29, 1.82) is 0 Å². The van der Waals surface area contributed by atoms with E-state index in [0.717, 1.165) is 0 Å². The third-order valence-corrected chi connectivity index (χ3v) is 0.246. The zero-order chi connectivity index (χ0) is 5.86. The maximum atomic E-state index is 9.62. The van der Waals surface area contributed by atoms with Crippen molar-refractivity contribution in [3.63, 3.8) is 0 Å². The minimum atomic E-state index is -0.938. The molecule has 0 unspecified atom stereocenters. The molecule has 0 bridgehead atoms. The molecule has 7 nitrogen and oxygen atoms in total.